The smallest absolute Gasteiger partial charge is 0.326 e. The largest absolute Gasteiger partial charge is 0.480 e. The molecule has 0 aromatic carbocycles. The van der Waals surface area contributed by atoms with E-state index in [0.29, 0.717) is 29.9 Å². The lowest BCUT2D eigenvalue weighted by molar-refractivity contribution is -0.139. The molecule has 2 N–H and O–H groups in total. The third-order valence-electron chi connectivity index (χ3n) is 3.32. The van der Waals surface area contributed by atoms with Gasteiger partial charge in [0.1, 0.15) is 11.6 Å². The summed E-state index contributed by atoms with van der Waals surface area (Å²) in [7, 11) is 1.71. The molecule has 8 heteroatoms. The second-order valence-electron chi connectivity index (χ2n) is 5.01. The van der Waals surface area contributed by atoms with Gasteiger partial charge in [-0.3, -0.25) is 4.79 Å². The maximum absolute atomic E-state index is 12.5. The van der Waals surface area contributed by atoms with Gasteiger partial charge < -0.3 is 10.4 Å². The van der Waals surface area contributed by atoms with Crippen LogP contribution in [-0.4, -0.2) is 42.6 Å². The highest BCUT2D eigenvalue weighted by Crippen LogP contribution is 2.17. The van der Waals surface area contributed by atoms with Gasteiger partial charge in [0.15, 0.2) is 5.82 Å². The van der Waals surface area contributed by atoms with Gasteiger partial charge in [-0.15, -0.1) is 0 Å². The summed E-state index contributed by atoms with van der Waals surface area (Å²) in [5.74, 6) is -1.00. The van der Waals surface area contributed by atoms with Crippen molar-refractivity contribution >= 4 is 11.9 Å². The lowest BCUT2D eigenvalue weighted by Crippen LogP contribution is -2.41. The van der Waals surface area contributed by atoms with E-state index in [-0.39, 0.29) is 0 Å². The van der Waals surface area contributed by atoms with Crippen LogP contribution in [0.1, 0.15) is 35.8 Å². The molecule has 1 amide bonds. The number of carbonyl (C=O) groups is 2. The standard InChI is InChI=1S/C14H19N5O3/c1-4-6-10(14(21)22)16-12(20)11-9(2)17-18(3)13(11)19-8-5-7-15-19/h5,7-8,10H,4,6H2,1-3H3,(H,16,20)(H,21,22). The zero-order valence-corrected chi connectivity index (χ0v) is 12.8. The Morgan fingerprint density at radius 3 is 2.73 bits per heavy atom. The van der Waals surface area contributed by atoms with E-state index in [4.69, 9.17) is 0 Å². The number of aromatic nitrogens is 4. The Kier molecular flexibility index (Phi) is 4.59. The van der Waals surface area contributed by atoms with Gasteiger partial charge >= 0.3 is 5.97 Å². The molecule has 2 aromatic heterocycles. The second kappa shape index (κ2) is 6.42. The summed E-state index contributed by atoms with van der Waals surface area (Å²) in [6, 6.07) is 0.823. The Morgan fingerprint density at radius 2 is 2.18 bits per heavy atom. The first kappa shape index (κ1) is 15.7. The van der Waals surface area contributed by atoms with Crippen molar-refractivity contribution in [3.8, 4) is 5.82 Å². The number of nitrogens with one attached hydrogen (secondary N) is 1. The van der Waals surface area contributed by atoms with Crippen molar-refractivity contribution in [3.63, 3.8) is 0 Å². The van der Waals surface area contributed by atoms with E-state index >= 15 is 0 Å². The van der Waals surface area contributed by atoms with Crippen LogP contribution in [0.25, 0.3) is 5.82 Å². The molecule has 1 unspecified atom stereocenters. The van der Waals surface area contributed by atoms with Crippen molar-refractivity contribution in [1.82, 2.24) is 24.9 Å². The molecule has 0 aliphatic heterocycles. The normalized spacial score (nSPS) is 12.1. The summed E-state index contributed by atoms with van der Waals surface area (Å²) in [6.45, 7) is 3.57. The Morgan fingerprint density at radius 1 is 1.45 bits per heavy atom. The van der Waals surface area contributed by atoms with E-state index in [1.807, 2.05) is 6.92 Å². The maximum atomic E-state index is 12.5. The van der Waals surface area contributed by atoms with Crippen LogP contribution in [0.3, 0.4) is 0 Å². The van der Waals surface area contributed by atoms with Gasteiger partial charge in [0.2, 0.25) is 0 Å². The summed E-state index contributed by atoms with van der Waals surface area (Å²) >= 11 is 0. The van der Waals surface area contributed by atoms with Crippen LogP contribution in [0, 0.1) is 6.92 Å². The van der Waals surface area contributed by atoms with Crippen LogP contribution in [0.2, 0.25) is 0 Å². The average molecular weight is 305 g/mol. The molecule has 118 valence electrons. The topological polar surface area (TPSA) is 102 Å². The third-order valence-corrected chi connectivity index (χ3v) is 3.32. The minimum absolute atomic E-state index is 0.327. The van der Waals surface area contributed by atoms with Crippen LogP contribution < -0.4 is 5.32 Å². The van der Waals surface area contributed by atoms with Crippen molar-refractivity contribution in [1.29, 1.82) is 0 Å². The Hall–Kier alpha value is -2.64. The van der Waals surface area contributed by atoms with E-state index in [0.717, 1.165) is 0 Å². The fourth-order valence-electron chi connectivity index (χ4n) is 2.35. The van der Waals surface area contributed by atoms with Crippen molar-refractivity contribution in [2.24, 2.45) is 7.05 Å². The van der Waals surface area contributed by atoms with E-state index in [1.54, 1.807) is 37.1 Å². The monoisotopic (exact) mass is 305 g/mol. The molecule has 2 aromatic rings. The zero-order valence-electron chi connectivity index (χ0n) is 12.8. The summed E-state index contributed by atoms with van der Waals surface area (Å²) < 4.78 is 3.08. The molecule has 0 saturated heterocycles. The van der Waals surface area contributed by atoms with Crippen molar-refractivity contribution in [3.05, 3.63) is 29.7 Å². The molecule has 0 bridgehead atoms. The van der Waals surface area contributed by atoms with Crippen LogP contribution in [0.15, 0.2) is 18.5 Å². The third kappa shape index (κ3) is 3.00. The van der Waals surface area contributed by atoms with Crippen LogP contribution in [0.4, 0.5) is 0 Å². The molecule has 0 spiro atoms. The van der Waals surface area contributed by atoms with Crippen LogP contribution in [0.5, 0.6) is 0 Å². The molecular weight excluding hydrogens is 286 g/mol. The number of aliphatic carboxylic acids is 1. The first-order valence-corrected chi connectivity index (χ1v) is 7.03. The van der Waals surface area contributed by atoms with Crippen LogP contribution >= 0.6 is 0 Å². The summed E-state index contributed by atoms with van der Waals surface area (Å²) in [6.07, 6.45) is 4.34. The fraction of sp³-hybridized carbons (Fsp3) is 0.429. The number of amides is 1. The quantitative estimate of drug-likeness (QED) is 0.825. The molecule has 8 nitrogen and oxygen atoms in total. The molecule has 0 aliphatic carbocycles. The highest BCUT2D eigenvalue weighted by atomic mass is 16.4. The first-order valence-electron chi connectivity index (χ1n) is 7.03. The predicted octanol–water partition coefficient (Wildman–Crippen LogP) is 0.897. The van der Waals surface area contributed by atoms with Gasteiger partial charge in [-0.05, 0) is 19.4 Å². The Balaban J connectivity index is 2.36. The van der Waals surface area contributed by atoms with Gasteiger partial charge in [0, 0.05) is 19.4 Å². The van der Waals surface area contributed by atoms with Gasteiger partial charge in [-0.2, -0.15) is 10.2 Å². The van der Waals surface area contributed by atoms with Crippen molar-refractivity contribution in [2.75, 3.05) is 0 Å². The molecule has 0 aliphatic rings. The van der Waals surface area contributed by atoms with E-state index in [9.17, 15) is 14.7 Å². The SMILES string of the molecule is CCCC(NC(=O)c1c(C)nn(C)c1-n1cccn1)C(=O)O. The fourth-order valence-corrected chi connectivity index (χ4v) is 2.35. The van der Waals surface area contributed by atoms with Gasteiger partial charge in [-0.25, -0.2) is 14.2 Å². The lowest BCUT2D eigenvalue weighted by Gasteiger charge is -2.14. The second-order valence-corrected chi connectivity index (χ2v) is 5.01. The Bertz CT molecular complexity index is 675. The van der Waals surface area contributed by atoms with Crippen LogP contribution in [-0.2, 0) is 11.8 Å². The number of aryl methyl sites for hydroxylation is 2. The lowest BCUT2D eigenvalue weighted by atomic mass is 10.1. The molecule has 1 atom stereocenters. The summed E-state index contributed by atoms with van der Waals surface area (Å²) in [4.78, 5) is 23.7. The number of nitrogens with zero attached hydrogens (tertiary/aromatic N) is 4. The number of hydrogen-bond donors (Lipinski definition) is 2. The highest BCUT2D eigenvalue weighted by Gasteiger charge is 2.26. The van der Waals surface area contributed by atoms with Crippen molar-refractivity contribution < 1.29 is 14.7 Å². The average Bonchev–Trinajstić information content (AvgIpc) is 3.05. The van der Waals surface area contributed by atoms with Gasteiger partial charge in [0.25, 0.3) is 5.91 Å². The summed E-state index contributed by atoms with van der Waals surface area (Å²) in [5, 5.41) is 20.1. The number of carboxylic acid groups (broad SMARTS) is 1. The zero-order chi connectivity index (χ0) is 16.3. The number of hydrogen-bond acceptors (Lipinski definition) is 4. The molecule has 0 saturated carbocycles. The highest BCUT2D eigenvalue weighted by molar-refractivity contribution is 6.00. The minimum atomic E-state index is -1.04. The molecule has 2 heterocycles. The predicted molar refractivity (Wildman–Crippen MR) is 78.9 cm³/mol. The van der Waals surface area contributed by atoms with Crippen molar-refractivity contribution in [2.45, 2.75) is 32.7 Å². The van der Waals surface area contributed by atoms with E-state index < -0.39 is 17.9 Å². The van der Waals surface area contributed by atoms with E-state index in [1.165, 1.54) is 4.68 Å². The number of rotatable bonds is 6. The van der Waals surface area contributed by atoms with Gasteiger partial charge in [0.05, 0.1) is 5.69 Å². The molecule has 0 radical (unpaired) electrons. The first-order chi connectivity index (χ1) is 10.5. The summed E-state index contributed by atoms with van der Waals surface area (Å²) in [5.41, 5.74) is 0.847. The maximum Gasteiger partial charge on any atom is 0.326 e. The molecule has 22 heavy (non-hydrogen) atoms. The minimum Gasteiger partial charge on any atom is -0.480 e. The van der Waals surface area contributed by atoms with E-state index in [2.05, 4.69) is 15.5 Å². The number of carbonyl (C=O) groups excluding carboxylic acids is 1. The number of carboxylic acids is 1. The molecule has 2 rings (SSSR count). The Labute approximate surface area is 127 Å². The molecule has 0 fully saturated rings. The molecular formula is C14H19N5O3. The van der Waals surface area contributed by atoms with Gasteiger partial charge in [-0.1, -0.05) is 13.3 Å².